The summed E-state index contributed by atoms with van der Waals surface area (Å²) in [5.74, 6) is 2.12. The van der Waals surface area contributed by atoms with Gasteiger partial charge in [0.25, 0.3) is 0 Å². The summed E-state index contributed by atoms with van der Waals surface area (Å²) >= 11 is 9.94. The maximum Gasteiger partial charge on any atom is 0.0545 e. The van der Waals surface area contributed by atoms with Gasteiger partial charge in [0.2, 0.25) is 0 Å². The molecule has 0 bridgehead atoms. The Morgan fingerprint density at radius 2 is 2.42 bits per heavy atom. The van der Waals surface area contributed by atoms with Crippen molar-refractivity contribution in [2.24, 2.45) is 0 Å². The lowest BCUT2D eigenvalue weighted by atomic mass is 10.0. The number of hydrogen-bond donors (Lipinski definition) is 2. The van der Waals surface area contributed by atoms with E-state index in [0.717, 1.165) is 29.4 Å². The highest BCUT2D eigenvalue weighted by Gasteiger charge is 2.24. The minimum atomic E-state index is 0.238. The van der Waals surface area contributed by atoms with Crippen LogP contribution in [0, 0.1) is 0 Å². The van der Waals surface area contributed by atoms with Gasteiger partial charge in [0.1, 0.15) is 0 Å². The van der Waals surface area contributed by atoms with Crippen molar-refractivity contribution in [1.82, 2.24) is 5.32 Å². The molecule has 0 saturated carbocycles. The average Bonchev–Trinajstić information content (AvgIpc) is 2.40. The Hall–Kier alpha value is 0.130. The third kappa shape index (κ3) is 4.05. The van der Waals surface area contributed by atoms with E-state index in [0.29, 0.717) is 12.1 Å². The molecule has 0 aliphatic carbocycles. The lowest BCUT2D eigenvalue weighted by molar-refractivity contribution is 0.263. The van der Waals surface area contributed by atoms with Crippen LogP contribution in [0.5, 0.6) is 0 Å². The van der Waals surface area contributed by atoms with Crippen LogP contribution in [0.2, 0.25) is 5.02 Å². The Morgan fingerprint density at radius 3 is 3.16 bits per heavy atom. The zero-order valence-electron chi connectivity index (χ0n) is 11.1. The molecular weight excluding hydrogens is 298 g/mol. The lowest BCUT2D eigenvalue weighted by Crippen LogP contribution is -2.37. The van der Waals surface area contributed by atoms with Crippen LogP contribution in [-0.4, -0.2) is 35.5 Å². The van der Waals surface area contributed by atoms with Crippen LogP contribution in [0.25, 0.3) is 0 Å². The van der Waals surface area contributed by atoms with E-state index >= 15 is 0 Å². The number of hydrogen-bond acceptors (Lipinski definition) is 4. The summed E-state index contributed by atoms with van der Waals surface area (Å²) in [6.07, 6.45) is 4.03. The van der Waals surface area contributed by atoms with Crippen LogP contribution in [0.1, 0.15) is 24.4 Å². The van der Waals surface area contributed by atoms with Crippen molar-refractivity contribution < 1.29 is 5.11 Å². The van der Waals surface area contributed by atoms with E-state index in [1.54, 1.807) is 0 Å². The molecule has 1 aliphatic rings. The molecule has 2 unspecified atom stereocenters. The van der Waals surface area contributed by atoms with Gasteiger partial charge in [0, 0.05) is 29.3 Å². The van der Waals surface area contributed by atoms with Crippen molar-refractivity contribution >= 4 is 35.1 Å². The van der Waals surface area contributed by atoms with Crippen molar-refractivity contribution in [2.75, 3.05) is 24.4 Å². The Balaban J connectivity index is 2.12. The fourth-order valence-electron chi connectivity index (χ4n) is 2.42. The molecule has 2 rings (SSSR count). The first-order chi connectivity index (χ1) is 9.26. The molecule has 5 heteroatoms. The Morgan fingerprint density at radius 1 is 1.58 bits per heavy atom. The molecule has 1 aromatic rings. The predicted octanol–water partition coefficient (Wildman–Crippen LogP) is 3.58. The number of aliphatic hydroxyl groups is 1. The summed E-state index contributed by atoms with van der Waals surface area (Å²) in [7, 11) is 0. The molecule has 1 heterocycles. The predicted molar refractivity (Wildman–Crippen MR) is 86.5 cm³/mol. The second-order valence-corrected chi connectivity index (χ2v) is 7.10. The highest BCUT2D eigenvalue weighted by Crippen LogP contribution is 2.40. The van der Waals surface area contributed by atoms with Crippen molar-refractivity contribution in [3.05, 3.63) is 28.8 Å². The minimum absolute atomic E-state index is 0.238. The van der Waals surface area contributed by atoms with E-state index < -0.39 is 0 Å². The molecule has 0 saturated heterocycles. The van der Waals surface area contributed by atoms with E-state index in [9.17, 15) is 0 Å². The van der Waals surface area contributed by atoms with Gasteiger partial charge in [-0.2, -0.15) is 11.8 Å². The maximum absolute atomic E-state index is 9.16. The van der Waals surface area contributed by atoms with Gasteiger partial charge >= 0.3 is 0 Å². The summed E-state index contributed by atoms with van der Waals surface area (Å²) < 4.78 is 0. The average molecular weight is 318 g/mol. The zero-order chi connectivity index (χ0) is 13.7. The molecule has 106 valence electrons. The molecule has 19 heavy (non-hydrogen) atoms. The van der Waals surface area contributed by atoms with Crippen molar-refractivity contribution in [2.45, 2.75) is 29.8 Å². The van der Waals surface area contributed by atoms with Crippen LogP contribution in [0.3, 0.4) is 0 Å². The van der Waals surface area contributed by atoms with Crippen LogP contribution in [0.4, 0.5) is 0 Å². The standard InChI is InChI=1S/C14H20ClNOS2/c1-18-9-10(5-7-17)16-13-6-8-19-14-11(13)3-2-4-12(14)15/h2-4,10,13,16-17H,5-9H2,1H3. The Bertz CT molecular complexity index is 410. The molecule has 0 fully saturated rings. The SMILES string of the molecule is CSCC(CCO)NC1CCSc2c(Cl)cccc21. The molecule has 2 nitrogen and oxygen atoms in total. The molecule has 0 aromatic heterocycles. The van der Waals surface area contributed by atoms with Crippen molar-refractivity contribution in [3.63, 3.8) is 0 Å². The first-order valence-electron chi connectivity index (χ1n) is 6.53. The van der Waals surface area contributed by atoms with E-state index in [1.807, 2.05) is 35.7 Å². The third-order valence-electron chi connectivity index (χ3n) is 3.31. The topological polar surface area (TPSA) is 32.3 Å². The summed E-state index contributed by atoms with van der Waals surface area (Å²) in [5, 5.41) is 13.7. The van der Waals surface area contributed by atoms with Gasteiger partial charge in [-0.3, -0.25) is 0 Å². The first kappa shape index (κ1) is 15.5. The summed E-state index contributed by atoms with van der Waals surface area (Å²) in [6.45, 7) is 0.238. The van der Waals surface area contributed by atoms with E-state index in [-0.39, 0.29) is 6.61 Å². The molecule has 1 aromatic carbocycles. The van der Waals surface area contributed by atoms with E-state index in [2.05, 4.69) is 17.6 Å². The number of fused-ring (bicyclic) bond motifs is 1. The second kappa shape index (κ2) is 7.79. The molecule has 1 aliphatic heterocycles. The zero-order valence-corrected chi connectivity index (χ0v) is 13.5. The second-order valence-electron chi connectivity index (χ2n) is 4.68. The van der Waals surface area contributed by atoms with Gasteiger partial charge in [0.05, 0.1) is 5.02 Å². The quantitative estimate of drug-likeness (QED) is 0.840. The Kier molecular flexibility index (Phi) is 6.36. The van der Waals surface area contributed by atoms with E-state index in [1.165, 1.54) is 10.5 Å². The van der Waals surface area contributed by atoms with Crippen LogP contribution >= 0.6 is 35.1 Å². The minimum Gasteiger partial charge on any atom is -0.396 e. The number of thioether (sulfide) groups is 2. The number of nitrogens with one attached hydrogen (secondary N) is 1. The largest absolute Gasteiger partial charge is 0.396 e. The number of aliphatic hydroxyl groups excluding tert-OH is 1. The van der Waals surface area contributed by atoms with Gasteiger partial charge in [-0.1, -0.05) is 23.7 Å². The molecule has 0 radical (unpaired) electrons. The monoisotopic (exact) mass is 317 g/mol. The highest BCUT2D eigenvalue weighted by molar-refractivity contribution is 7.99. The lowest BCUT2D eigenvalue weighted by Gasteiger charge is -2.30. The van der Waals surface area contributed by atoms with Crippen LogP contribution in [0.15, 0.2) is 23.1 Å². The molecule has 0 amide bonds. The summed E-state index contributed by atoms with van der Waals surface area (Å²) in [4.78, 5) is 1.22. The van der Waals surface area contributed by atoms with Crippen molar-refractivity contribution in [3.8, 4) is 0 Å². The number of halogens is 1. The number of benzene rings is 1. The number of rotatable bonds is 6. The van der Waals surface area contributed by atoms with Crippen LogP contribution in [-0.2, 0) is 0 Å². The molecule has 2 atom stereocenters. The fourth-order valence-corrected chi connectivity index (χ4v) is 4.57. The molecular formula is C14H20ClNOS2. The molecule has 0 spiro atoms. The smallest absolute Gasteiger partial charge is 0.0545 e. The van der Waals surface area contributed by atoms with E-state index in [4.69, 9.17) is 16.7 Å². The maximum atomic E-state index is 9.16. The Labute approximate surface area is 128 Å². The normalized spacial score (nSPS) is 20.1. The van der Waals surface area contributed by atoms with Crippen molar-refractivity contribution in [1.29, 1.82) is 0 Å². The van der Waals surface area contributed by atoms with Gasteiger partial charge in [-0.15, -0.1) is 11.8 Å². The summed E-state index contributed by atoms with van der Waals surface area (Å²) in [6, 6.07) is 6.87. The van der Waals surface area contributed by atoms with Gasteiger partial charge in [0.15, 0.2) is 0 Å². The molecule has 2 N–H and O–H groups in total. The van der Waals surface area contributed by atoms with Gasteiger partial charge in [-0.05, 0) is 36.5 Å². The highest BCUT2D eigenvalue weighted by atomic mass is 35.5. The summed E-state index contributed by atoms with van der Waals surface area (Å²) in [5.41, 5.74) is 1.31. The van der Waals surface area contributed by atoms with Crippen LogP contribution < -0.4 is 5.32 Å². The van der Waals surface area contributed by atoms with Gasteiger partial charge < -0.3 is 10.4 Å². The fraction of sp³-hybridized carbons (Fsp3) is 0.571. The van der Waals surface area contributed by atoms with Gasteiger partial charge in [-0.25, -0.2) is 0 Å². The third-order valence-corrected chi connectivity index (χ3v) is 5.65. The first-order valence-corrected chi connectivity index (χ1v) is 9.29.